The van der Waals surface area contributed by atoms with Crippen LogP contribution in [0.3, 0.4) is 0 Å². The van der Waals surface area contributed by atoms with Crippen LogP contribution in [0.5, 0.6) is 0 Å². The molecule has 0 saturated heterocycles. The zero-order chi connectivity index (χ0) is 17.6. The van der Waals surface area contributed by atoms with Crippen molar-refractivity contribution in [1.29, 1.82) is 0 Å². The first-order valence-corrected chi connectivity index (χ1v) is 8.28. The summed E-state index contributed by atoms with van der Waals surface area (Å²) >= 11 is 0. The van der Waals surface area contributed by atoms with Gasteiger partial charge in [0, 0.05) is 5.56 Å². The number of aryl methyl sites for hydroxylation is 1. The van der Waals surface area contributed by atoms with Gasteiger partial charge in [-0.05, 0) is 31.0 Å². The molecule has 1 atom stereocenters. The molecule has 0 saturated carbocycles. The first-order valence-electron chi connectivity index (χ1n) is 8.28. The summed E-state index contributed by atoms with van der Waals surface area (Å²) in [6.07, 6.45) is 0.670. The van der Waals surface area contributed by atoms with E-state index in [4.69, 9.17) is 9.26 Å². The Hall–Kier alpha value is -2.95. The number of aromatic nitrogens is 2. The third kappa shape index (κ3) is 4.12. The normalized spacial score (nSPS) is 11.9. The van der Waals surface area contributed by atoms with Crippen molar-refractivity contribution in [3.05, 3.63) is 71.5 Å². The molecule has 128 valence electrons. The third-order valence-corrected chi connectivity index (χ3v) is 4.00. The average Bonchev–Trinajstić information content (AvgIpc) is 3.11. The maximum absolute atomic E-state index is 12.4. The Balaban J connectivity index is 1.63. The Labute approximate surface area is 146 Å². The van der Waals surface area contributed by atoms with Crippen molar-refractivity contribution >= 4 is 5.97 Å². The van der Waals surface area contributed by atoms with Crippen molar-refractivity contribution in [2.45, 2.75) is 32.8 Å². The van der Waals surface area contributed by atoms with E-state index < -0.39 is 0 Å². The summed E-state index contributed by atoms with van der Waals surface area (Å²) in [6.45, 7) is 3.97. The molecule has 0 aliphatic rings. The average molecular weight is 336 g/mol. The number of hydrogen-bond donors (Lipinski definition) is 0. The van der Waals surface area contributed by atoms with Gasteiger partial charge >= 0.3 is 5.97 Å². The largest absolute Gasteiger partial charge is 0.457 e. The maximum atomic E-state index is 12.4. The molecule has 1 unspecified atom stereocenters. The van der Waals surface area contributed by atoms with Gasteiger partial charge in [0.15, 0.2) is 6.61 Å². The molecule has 2 aromatic carbocycles. The van der Waals surface area contributed by atoms with Gasteiger partial charge in [0.2, 0.25) is 5.82 Å². The van der Waals surface area contributed by atoms with E-state index in [1.807, 2.05) is 68.4 Å². The lowest BCUT2D eigenvalue weighted by molar-refractivity contribution is -0.147. The minimum absolute atomic E-state index is 0.00245. The lowest BCUT2D eigenvalue weighted by Crippen LogP contribution is -2.15. The van der Waals surface area contributed by atoms with Gasteiger partial charge in [0.1, 0.15) is 0 Å². The molecule has 0 aliphatic heterocycles. The highest BCUT2D eigenvalue weighted by molar-refractivity contribution is 5.78. The highest BCUT2D eigenvalue weighted by Crippen LogP contribution is 2.22. The molecule has 1 aromatic heterocycles. The van der Waals surface area contributed by atoms with Crippen LogP contribution in [-0.2, 0) is 16.1 Å². The topological polar surface area (TPSA) is 65.2 Å². The van der Waals surface area contributed by atoms with E-state index in [2.05, 4.69) is 10.1 Å². The van der Waals surface area contributed by atoms with Crippen molar-refractivity contribution in [3.8, 4) is 11.5 Å². The second-order valence-corrected chi connectivity index (χ2v) is 5.86. The van der Waals surface area contributed by atoms with Crippen LogP contribution in [-0.4, -0.2) is 16.1 Å². The highest BCUT2D eigenvalue weighted by Gasteiger charge is 2.21. The molecule has 0 fully saturated rings. The van der Waals surface area contributed by atoms with E-state index in [1.165, 1.54) is 0 Å². The van der Waals surface area contributed by atoms with E-state index >= 15 is 0 Å². The van der Waals surface area contributed by atoms with Crippen LogP contribution in [0.2, 0.25) is 0 Å². The SMILES string of the molecule is CCC(C(=O)OCc1noc(-c2ccc(C)cc2)n1)c1ccccc1. The van der Waals surface area contributed by atoms with E-state index in [0.29, 0.717) is 18.1 Å². The fraction of sp³-hybridized carbons (Fsp3) is 0.250. The molecular weight excluding hydrogens is 316 g/mol. The summed E-state index contributed by atoms with van der Waals surface area (Å²) in [7, 11) is 0. The highest BCUT2D eigenvalue weighted by atomic mass is 16.5. The molecule has 0 aliphatic carbocycles. The van der Waals surface area contributed by atoms with Gasteiger partial charge in [0.25, 0.3) is 5.89 Å². The van der Waals surface area contributed by atoms with Crippen molar-refractivity contribution in [2.24, 2.45) is 0 Å². The van der Waals surface area contributed by atoms with E-state index in [1.54, 1.807) is 0 Å². The zero-order valence-electron chi connectivity index (χ0n) is 14.3. The Bertz CT molecular complexity index is 826. The number of carbonyl (C=O) groups excluding carboxylic acids is 1. The van der Waals surface area contributed by atoms with Crippen LogP contribution in [0.4, 0.5) is 0 Å². The maximum Gasteiger partial charge on any atom is 0.313 e. The van der Waals surface area contributed by atoms with Gasteiger partial charge in [-0.25, -0.2) is 0 Å². The van der Waals surface area contributed by atoms with Crippen LogP contribution in [0, 0.1) is 6.92 Å². The first-order chi connectivity index (χ1) is 12.2. The van der Waals surface area contributed by atoms with Crippen LogP contribution >= 0.6 is 0 Å². The standard InChI is InChI=1S/C20H20N2O3/c1-3-17(15-7-5-4-6-8-15)20(23)24-13-18-21-19(25-22-18)16-11-9-14(2)10-12-16/h4-12,17H,3,13H2,1-2H3. The molecule has 3 aromatic rings. The number of hydrogen-bond acceptors (Lipinski definition) is 5. The molecule has 3 rings (SSSR count). The lowest BCUT2D eigenvalue weighted by Gasteiger charge is -2.13. The molecule has 5 heteroatoms. The minimum atomic E-state index is -0.287. The van der Waals surface area contributed by atoms with E-state index in [0.717, 1.165) is 16.7 Å². The fourth-order valence-electron chi connectivity index (χ4n) is 2.59. The van der Waals surface area contributed by atoms with Crippen molar-refractivity contribution in [3.63, 3.8) is 0 Å². The molecule has 0 N–H and O–H groups in total. The Morgan fingerprint density at radius 3 is 2.52 bits per heavy atom. The minimum Gasteiger partial charge on any atom is -0.457 e. The Kier molecular flexibility index (Phi) is 5.23. The lowest BCUT2D eigenvalue weighted by atomic mass is 9.97. The number of rotatable bonds is 6. The fourth-order valence-corrected chi connectivity index (χ4v) is 2.59. The predicted molar refractivity (Wildman–Crippen MR) is 93.7 cm³/mol. The van der Waals surface area contributed by atoms with Crippen LogP contribution in [0.1, 0.15) is 36.2 Å². The summed E-state index contributed by atoms with van der Waals surface area (Å²) in [5.41, 5.74) is 2.94. The Morgan fingerprint density at radius 2 is 1.84 bits per heavy atom. The van der Waals surface area contributed by atoms with Crippen LogP contribution < -0.4 is 0 Å². The van der Waals surface area contributed by atoms with Gasteiger partial charge in [-0.1, -0.05) is 60.1 Å². The molecule has 0 amide bonds. The molecule has 5 nitrogen and oxygen atoms in total. The third-order valence-electron chi connectivity index (χ3n) is 4.00. The molecule has 0 spiro atoms. The van der Waals surface area contributed by atoms with Gasteiger partial charge in [-0.2, -0.15) is 4.98 Å². The van der Waals surface area contributed by atoms with Crippen LogP contribution in [0.15, 0.2) is 59.1 Å². The number of nitrogens with zero attached hydrogens (tertiary/aromatic N) is 2. The quantitative estimate of drug-likeness (QED) is 0.629. The molecule has 1 heterocycles. The van der Waals surface area contributed by atoms with Gasteiger partial charge in [-0.15, -0.1) is 0 Å². The van der Waals surface area contributed by atoms with Crippen molar-refractivity contribution in [2.75, 3.05) is 0 Å². The molecule has 0 radical (unpaired) electrons. The predicted octanol–water partition coefficient (Wildman–Crippen LogP) is 4.28. The Morgan fingerprint density at radius 1 is 1.12 bits per heavy atom. The molecule has 0 bridgehead atoms. The summed E-state index contributed by atoms with van der Waals surface area (Å²) in [6, 6.07) is 17.4. The second-order valence-electron chi connectivity index (χ2n) is 5.86. The smallest absolute Gasteiger partial charge is 0.313 e. The second kappa shape index (κ2) is 7.75. The summed E-state index contributed by atoms with van der Waals surface area (Å²) < 4.78 is 10.6. The number of benzene rings is 2. The van der Waals surface area contributed by atoms with Gasteiger partial charge < -0.3 is 9.26 Å². The van der Waals surface area contributed by atoms with Crippen molar-refractivity contribution in [1.82, 2.24) is 10.1 Å². The first kappa shape index (κ1) is 16.9. The number of esters is 1. The van der Waals surface area contributed by atoms with Gasteiger partial charge in [0.05, 0.1) is 5.92 Å². The number of ether oxygens (including phenoxy) is 1. The summed E-state index contributed by atoms with van der Waals surface area (Å²) in [5, 5.41) is 3.88. The molecular formula is C20H20N2O3. The summed E-state index contributed by atoms with van der Waals surface area (Å²) in [5.74, 6) is 0.202. The van der Waals surface area contributed by atoms with E-state index in [-0.39, 0.29) is 18.5 Å². The van der Waals surface area contributed by atoms with Crippen molar-refractivity contribution < 1.29 is 14.1 Å². The van der Waals surface area contributed by atoms with E-state index in [9.17, 15) is 4.79 Å². The van der Waals surface area contributed by atoms with Gasteiger partial charge in [-0.3, -0.25) is 4.79 Å². The zero-order valence-corrected chi connectivity index (χ0v) is 14.3. The van der Waals surface area contributed by atoms with Crippen LogP contribution in [0.25, 0.3) is 11.5 Å². The monoisotopic (exact) mass is 336 g/mol. The number of carbonyl (C=O) groups is 1. The molecule has 25 heavy (non-hydrogen) atoms. The summed E-state index contributed by atoms with van der Waals surface area (Å²) in [4.78, 5) is 16.6.